The van der Waals surface area contributed by atoms with Crippen molar-refractivity contribution in [2.75, 3.05) is 17.7 Å². The Morgan fingerprint density at radius 2 is 1.84 bits per heavy atom. The van der Waals surface area contributed by atoms with Gasteiger partial charge in [0.05, 0.1) is 18.1 Å². The van der Waals surface area contributed by atoms with Crippen molar-refractivity contribution in [3.63, 3.8) is 0 Å². The van der Waals surface area contributed by atoms with E-state index in [0.29, 0.717) is 0 Å². The van der Waals surface area contributed by atoms with Gasteiger partial charge in [-0.05, 0) is 69.0 Å². The van der Waals surface area contributed by atoms with Gasteiger partial charge in [-0.15, -0.1) is 0 Å². The Kier molecular flexibility index (Phi) is 8.13. The van der Waals surface area contributed by atoms with Gasteiger partial charge < -0.3 is 10.1 Å². The van der Waals surface area contributed by atoms with Gasteiger partial charge in [0.15, 0.2) is 0 Å². The van der Waals surface area contributed by atoms with Gasteiger partial charge in [0, 0.05) is 11.3 Å². The van der Waals surface area contributed by atoms with Crippen LogP contribution < -0.4 is 10.1 Å². The van der Waals surface area contributed by atoms with E-state index in [1.807, 2.05) is 57.2 Å². The SMILES string of the molecule is CCCCOc1ccc(C2=NC(C)(C)N=C2SCC(=O)Nc2c(C)cccc2CC)cc1. The number of nitrogens with zero attached hydrogens (tertiary/aromatic N) is 2. The van der Waals surface area contributed by atoms with Crippen molar-refractivity contribution in [1.29, 1.82) is 0 Å². The summed E-state index contributed by atoms with van der Waals surface area (Å²) in [6.07, 6.45) is 3.03. The average Bonchev–Trinajstić information content (AvgIpc) is 3.09. The first-order valence-corrected chi connectivity index (χ1v) is 12.3. The summed E-state index contributed by atoms with van der Waals surface area (Å²) in [5, 5.41) is 3.89. The number of hydrogen-bond acceptors (Lipinski definition) is 5. The molecule has 0 spiro atoms. The maximum Gasteiger partial charge on any atom is 0.234 e. The van der Waals surface area contributed by atoms with Gasteiger partial charge in [-0.3, -0.25) is 9.79 Å². The molecule has 1 aliphatic heterocycles. The number of para-hydroxylation sites is 1. The Bertz CT molecular complexity index is 1010. The van der Waals surface area contributed by atoms with Gasteiger partial charge in [0.2, 0.25) is 5.91 Å². The van der Waals surface area contributed by atoms with Crippen LogP contribution in [-0.4, -0.2) is 34.7 Å². The molecule has 0 aromatic heterocycles. The Morgan fingerprint density at radius 1 is 1.09 bits per heavy atom. The zero-order valence-electron chi connectivity index (χ0n) is 19.7. The van der Waals surface area contributed by atoms with Gasteiger partial charge >= 0.3 is 0 Å². The van der Waals surface area contributed by atoms with Crippen molar-refractivity contribution < 1.29 is 9.53 Å². The zero-order valence-corrected chi connectivity index (χ0v) is 20.5. The Labute approximate surface area is 195 Å². The zero-order chi connectivity index (χ0) is 23.1. The van der Waals surface area contributed by atoms with Crippen molar-refractivity contribution in [1.82, 2.24) is 0 Å². The third kappa shape index (κ3) is 6.22. The number of amides is 1. The number of rotatable bonds is 9. The molecule has 0 aliphatic carbocycles. The van der Waals surface area contributed by atoms with Gasteiger partial charge in [0.1, 0.15) is 16.5 Å². The van der Waals surface area contributed by atoms with Crippen LogP contribution in [0.25, 0.3) is 0 Å². The van der Waals surface area contributed by atoms with Crippen molar-refractivity contribution in [3.05, 3.63) is 59.2 Å². The van der Waals surface area contributed by atoms with Crippen LogP contribution in [0, 0.1) is 6.92 Å². The van der Waals surface area contributed by atoms with Crippen LogP contribution in [0.5, 0.6) is 5.75 Å². The summed E-state index contributed by atoms with van der Waals surface area (Å²) in [6, 6.07) is 14.1. The number of aryl methyl sites for hydroxylation is 2. The van der Waals surface area contributed by atoms with Crippen molar-refractivity contribution in [3.8, 4) is 5.75 Å². The molecule has 6 heteroatoms. The second-order valence-electron chi connectivity index (χ2n) is 8.40. The number of aliphatic imine (C=N–C) groups is 2. The van der Waals surface area contributed by atoms with Crippen LogP contribution in [0.2, 0.25) is 0 Å². The van der Waals surface area contributed by atoms with Crippen molar-refractivity contribution in [2.45, 2.75) is 59.5 Å². The third-order valence-corrected chi connectivity index (χ3v) is 6.17. The maximum absolute atomic E-state index is 12.7. The van der Waals surface area contributed by atoms with E-state index in [-0.39, 0.29) is 11.7 Å². The molecule has 5 nitrogen and oxygen atoms in total. The van der Waals surface area contributed by atoms with Crippen molar-refractivity contribution in [2.24, 2.45) is 9.98 Å². The summed E-state index contributed by atoms with van der Waals surface area (Å²) in [5.41, 5.74) is 4.42. The van der Waals surface area contributed by atoms with E-state index in [4.69, 9.17) is 14.7 Å². The Balaban J connectivity index is 1.67. The number of anilines is 1. The molecular formula is C26H33N3O2S. The molecule has 32 heavy (non-hydrogen) atoms. The highest BCUT2D eigenvalue weighted by Gasteiger charge is 2.28. The van der Waals surface area contributed by atoms with E-state index in [0.717, 1.165) is 64.8 Å². The number of unbranched alkanes of at least 4 members (excludes halogenated alkanes) is 1. The molecule has 0 fully saturated rings. The molecule has 1 N–H and O–H groups in total. The number of ether oxygens (including phenoxy) is 1. The van der Waals surface area contributed by atoms with Gasteiger partial charge in [-0.2, -0.15) is 0 Å². The molecular weight excluding hydrogens is 418 g/mol. The lowest BCUT2D eigenvalue weighted by Crippen LogP contribution is -2.19. The predicted octanol–water partition coefficient (Wildman–Crippen LogP) is 6.05. The molecule has 0 unspecified atom stereocenters. The maximum atomic E-state index is 12.7. The van der Waals surface area contributed by atoms with Crippen LogP contribution in [-0.2, 0) is 11.2 Å². The number of nitrogens with one attached hydrogen (secondary N) is 1. The van der Waals surface area contributed by atoms with E-state index in [1.54, 1.807) is 0 Å². The Morgan fingerprint density at radius 3 is 2.53 bits per heavy atom. The fraction of sp³-hybridized carbons (Fsp3) is 0.423. The lowest BCUT2D eigenvalue weighted by Gasteiger charge is -2.13. The summed E-state index contributed by atoms with van der Waals surface area (Å²) in [4.78, 5) is 22.3. The second kappa shape index (κ2) is 10.8. The van der Waals surface area contributed by atoms with Crippen LogP contribution in [0.4, 0.5) is 5.69 Å². The number of hydrogen-bond donors (Lipinski definition) is 1. The third-order valence-electron chi connectivity index (χ3n) is 5.20. The molecule has 0 bridgehead atoms. The largest absolute Gasteiger partial charge is 0.494 e. The molecule has 1 aliphatic rings. The number of carbonyl (C=O) groups excluding carboxylic acids is 1. The number of benzene rings is 2. The van der Waals surface area contributed by atoms with Crippen LogP contribution >= 0.6 is 11.8 Å². The summed E-state index contributed by atoms with van der Waals surface area (Å²) in [6.45, 7) is 10.9. The summed E-state index contributed by atoms with van der Waals surface area (Å²) in [5.74, 6) is 1.10. The standard InChI is InChI=1S/C26H33N3O2S/c1-6-8-16-31-21-14-12-20(13-15-21)24-25(29-26(4,5)28-24)32-17-22(30)27-23-18(3)10-9-11-19(23)7-2/h9-15H,6-8,16-17H2,1-5H3,(H,27,30). The van der Waals surface area contributed by atoms with Crippen LogP contribution in [0.15, 0.2) is 52.4 Å². The number of carbonyl (C=O) groups is 1. The smallest absolute Gasteiger partial charge is 0.234 e. The first-order valence-electron chi connectivity index (χ1n) is 11.3. The minimum Gasteiger partial charge on any atom is -0.494 e. The minimum atomic E-state index is -0.532. The molecule has 3 rings (SSSR count). The second-order valence-corrected chi connectivity index (χ2v) is 9.36. The molecule has 0 saturated carbocycles. The lowest BCUT2D eigenvalue weighted by molar-refractivity contribution is -0.113. The molecule has 2 aromatic carbocycles. The highest BCUT2D eigenvalue weighted by Crippen LogP contribution is 2.28. The van der Waals surface area contributed by atoms with E-state index >= 15 is 0 Å². The number of thioether (sulfide) groups is 1. The highest BCUT2D eigenvalue weighted by atomic mass is 32.2. The van der Waals surface area contributed by atoms with Gasteiger partial charge in [-0.1, -0.05) is 50.2 Å². The molecule has 0 atom stereocenters. The van der Waals surface area contributed by atoms with E-state index < -0.39 is 5.66 Å². The fourth-order valence-electron chi connectivity index (χ4n) is 3.49. The first kappa shape index (κ1) is 24.1. The predicted molar refractivity (Wildman–Crippen MR) is 137 cm³/mol. The molecule has 170 valence electrons. The van der Waals surface area contributed by atoms with E-state index in [9.17, 15) is 4.79 Å². The van der Waals surface area contributed by atoms with Gasteiger partial charge in [-0.25, -0.2) is 4.99 Å². The molecule has 1 heterocycles. The summed E-state index contributed by atoms with van der Waals surface area (Å²) < 4.78 is 5.77. The molecule has 0 saturated heterocycles. The topological polar surface area (TPSA) is 63.1 Å². The molecule has 0 radical (unpaired) electrons. The van der Waals surface area contributed by atoms with E-state index in [2.05, 4.69) is 25.2 Å². The monoisotopic (exact) mass is 451 g/mol. The Hall–Kier alpha value is -2.60. The fourth-order valence-corrected chi connectivity index (χ4v) is 4.42. The molecule has 1 amide bonds. The van der Waals surface area contributed by atoms with Gasteiger partial charge in [0.25, 0.3) is 0 Å². The normalized spacial score (nSPS) is 14.7. The summed E-state index contributed by atoms with van der Waals surface area (Å²) in [7, 11) is 0. The van der Waals surface area contributed by atoms with Crippen molar-refractivity contribution >= 4 is 34.1 Å². The first-order chi connectivity index (χ1) is 15.3. The highest BCUT2D eigenvalue weighted by molar-refractivity contribution is 8.16. The lowest BCUT2D eigenvalue weighted by atomic mass is 10.1. The quantitative estimate of drug-likeness (QED) is 0.472. The summed E-state index contributed by atoms with van der Waals surface area (Å²) >= 11 is 1.43. The average molecular weight is 452 g/mol. The van der Waals surface area contributed by atoms with E-state index in [1.165, 1.54) is 11.8 Å². The molecule has 2 aromatic rings. The van der Waals surface area contributed by atoms with Crippen LogP contribution in [0.1, 0.15) is 57.2 Å². The van der Waals surface area contributed by atoms with Crippen LogP contribution in [0.3, 0.4) is 0 Å². The minimum absolute atomic E-state index is 0.0366.